The molecular formula is C27H30N6O2S2. The molecule has 1 saturated carbocycles. The summed E-state index contributed by atoms with van der Waals surface area (Å²) in [4.78, 5) is 37.3. The van der Waals surface area contributed by atoms with Gasteiger partial charge in [0.1, 0.15) is 0 Å². The van der Waals surface area contributed by atoms with Crippen LogP contribution >= 0.6 is 23.1 Å². The lowest BCUT2D eigenvalue weighted by atomic mass is 10.1. The van der Waals surface area contributed by atoms with Crippen molar-refractivity contribution in [3.05, 3.63) is 46.4 Å². The Hall–Kier alpha value is -2.95. The lowest BCUT2D eigenvalue weighted by Gasteiger charge is -2.26. The number of carbonyl (C=O) groups is 2. The SMILES string of the molecule is O=C1NC(=Nc2ccc3c(ccn3CCCN3CCCCC3)c2)SC1=Cc1cnc(NC(=O)C2CC2)s1. The van der Waals surface area contributed by atoms with Gasteiger partial charge in [-0.3, -0.25) is 9.59 Å². The van der Waals surface area contributed by atoms with Gasteiger partial charge in [0, 0.05) is 35.8 Å². The third-order valence-corrected chi connectivity index (χ3v) is 8.70. The van der Waals surface area contributed by atoms with E-state index in [-0.39, 0.29) is 17.7 Å². The van der Waals surface area contributed by atoms with Gasteiger partial charge in [-0.25, -0.2) is 9.98 Å². The molecule has 0 unspecified atom stereocenters. The minimum absolute atomic E-state index is 0.0284. The highest BCUT2D eigenvalue weighted by Gasteiger charge is 2.30. The molecule has 6 rings (SSSR count). The van der Waals surface area contributed by atoms with Crippen molar-refractivity contribution in [2.24, 2.45) is 10.9 Å². The van der Waals surface area contributed by atoms with Crippen molar-refractivity contribution in [3.63, 3.8) is 0 Å². The number of aryl methyl sites for hydroxylation is 1. The normalized spacial score (nSPS) is 20.7. The van der Waals surface area contributed by atoms with Crippen LogP contribution in [0.3, 0.4) is 0 Å². The number of thioether (sulfide) groups is 1. The third kappa shape index (κ3) is 5.97. The maximum atomic E-state index is 12.5. The largest absolute Gasteiger partial charge is 0.347 e. The maximum absolute atomic E-state index is 12.5. The molecule has 2 N–H and O–H groups in total. The Bertz CT molecular complexity index is 1380. The number of benzene rings is 1. The second kappa shape index (κ2) is 10.8. The van der Waals surface area contributed by atoms with E-state index in [4.69, 9.17) is 0 Å². The molecule has 2 aliphatic heterocycles. The highest BCUT2D eigenvalue weighted by Crippen LogP contribution is 2.33. The Morgan fingerprint density at radius 1 is 1.19 bits per heavy atom. The van der Waals surface area contributed by atoms with Crippen LogP contribution in [-0.4, -0.2) is 51.1 Å². The van der Waals surface area contributed by atoms with Crippen molar-refractivity contribution in [2.45, 2.75) is 45.1 Å². The predicted molar refractivity (Wildman–Crippen MR) is 151 cm³/mol. The van der Waals surface area contributed by atoms with Crippen molar-refractivity contribution < 1.29 is 9.59 Å². The van der Waals surface area contributed by atoms with Gasteiger partial charge in [0.05, 0.1) is 15.5 Å². The Balaban J connectivity index is 1.08. The lowest BCUT2D eigenvalue weighted by molar-refractivity contribution is -0.117. The predicted octanol–water partition coefficient (Wildman–Crippen LogP) is 5.21. The lowest BCUT2D eigenvalue weighted by Crippen LogP contribution is -2.31. The highest BCUT2D eigenvalue weighted by atomic mass is 32.2. The van der Waals surface area contributed by atoms with Gasteiger partial charge in [0.2, 0.25) is 5.91 Å². The molecule has 2 saturated heterocycles. The van der Waals surface area contributed by atoms with Gasteiger partial charge in [-0.15, -0.1) is 0 Å². The van der Waals surface area contributed by atoms with Crippen molar-refractivity contribution in [1.29, 1.82) is 0 Å². The van der Waals surface area contributed by atoms with Gasteiger partial charge in [-0.2, -0.15) is 0 Å². The zero-order valence-electron chi connectivity index (χ0n) is 20.6. The van der Waals surface area contributed by atoms with Gasteiger partial charge >= 0.3 is 0 Å². The number of amides is 2. The van der Waals surface area contributed by atoms with Gasteiger partial charge in [-0.1, -0.05) is 17.8 Å². The second-order valence-electron chi connectivity index (χ2n) is 9.82. The molecule has 2 aromatic heterocycles. The van der Waals surface area contributed by atoms with E-state index >= 15 is 0 Å². The Kier molecular flexibility index (Phi) is 7.12. The van der Waals surface area contributed by atoms with Crippen LogP contribution in [-0.2, 0) is 16.1 Å². The summed E-state index contributed by atoms with van der Waals surface area (Å²) in [6.45, 7) is 4.66. The molecule has 0 spiro atoms. The zero-order valence-corrected chi connectivity index (χ0v) is 22.2. The number of nitrogens with zero attached hydrogens (tertiary/aromatic N) is 4. The number of nitrogens with one attached hydrogen (secondary N) is 2. The maximum Gasteiger partial charge on any atom is 0.264 e. The van der Waals surface area contributed by atoms with Gasteiger partial charge < -0.3 is 20.1 Å². The fraction of sp³-hybridized carbons (Fsp3) is 0.407. The molecule has 3 aliphatic rings. The molecule has 10 heteroatoms. The molecule has 0 bridgehead atoms. The fourth-order valence-electron chi connectivity index (χ4n) is 4.79. The monoisotopic (exact) mass is 534 g/mol. The summed E-state index contributed by atoms with van der Waals surface area (Å²) in [5, 5.41) is 7.98. The van der Waals surface area contributed by atoms with E-state index in [1.54, 1.807) is 12.3 Å². The van der Waals surface area contributed by atoms with Crippen LogP contribution in [0.1, 0.15) is 43.4 Å². The van der Waals surface area contributed by atoms with Gasteiger partial charge in [0.25, 0.3) is 5.91 Å². The summed E-state index contributed by atoms with van der Waals surface area (Å²) in [7, 11) is 0. The average molecular weight is 535 g/mol. The minimum Gasteiger partial charge on any atom is -0.347 e. The molecule has 1 aromatic carbocycles. The van der Waals surface area contributed by atoms with E-state index < -0.39 is 0 Å². The van der Waals surface area contributed by atoms with E-state index in [9.17, 15) is 9.59 Å². The molecular weight excluding hydrogens is 504 g/mol. The number of hydrogen-bond acceptors (Lipinski definition) is 7. The minimum atomic E-state index is -0.179. The first-order valence-electron chi connectivity index (χ1n) is 13.0. The number of thiazole rings is 1. The Labute approximate surface area is 224 Å². The summed E-state index contributed by atoms with van der Waals surface area (Å²) in [5.41, 5.74) is 2.02. The quantitative estimate of drug-likeness (QED) is 0.387. The molecule has 37 heavy (non-hydrogen) atoms. The van der Waals surface area contributed by atoms with E-state index in [0.717, 1.165) is 48.3 Å². The molecule has 192 valence electrons. The van der Waals surface area contributed by atoms with Crippen molar-refractivity contribution in [3.8, 4) is 0 Å². The van der Waals surface area contributed by atoms with Crippen LogP contribution in [0.25, 0.3) is 17.0 Å². The highest BCUT2D eigenvalue weighted by molar-refractivity contribution is 8.18. The van der Waals surface area contributed by atoms with E-state index in [1.807, 2.05) is 6.07 Å². The number of aliphatic imine (C=N–C) groups is 1. The number of hydrogen-bond donors (Lipinski definition) is 2. The van der Waals surface area contributed by atoms with Crippen LogP contribution in [0.2, 0.25) is 0 Å². The van der Waals surface area contributed by atoms with Crippen LogP contribution in [0.15, 0.2) is 46.6 Å². The number of rotatable bonds is 8. The number of carbonyl (C=O) groups excluding carboxylic acids is 2. The van der Waals surface area contributed by atoms with E-state index in [0.29, 0.717) is 15.2 Å². The first-order chi connectivity index (χ1) is 18.1. The average Bonchev–Trinajstić information content (AvgIpc) is 3.42. The van der Waals surface area contributed by atoms with E-state index in [2.05, 4.69) is 54.5 Å². The fourth-order valence-corrected chi connectivity index (χ4v) is 6.46. The van der Waals surface area contributed by atoms with Crippen molar-refractivity contribution in [1.82, 2.24) is 19.8 Å². The van der Waals surface area contributed by atoms with Gasteiger partial charge in [0.15, 0.2) is 10.3 Å². The van der Waals surface area contributed by atoms with Crippen LogP contribution in [0.4, 0.5) is 10.8 Å². The molecule has 4 heterocycles. The zero-order chi connectivity index (χ0) is 25.2. The molecule has 0 atom stereocenters. The standard InChI is InChI=1S/C27H30N6O2S2/c34-24(18-5-6-18)30-26-28-17-21(36-26)16-23-25(35)31-27(37-23)29-20-7-8-22-19(15-20)9-14-33(22)13-4-12-32-10-2-1-3-11-32/h7-9,14-18H,1-6,10-13H2,(H,28,30,34)(H,29,31,35). The summed E-state index contributed by atoms with van der Waals surface area (Å²) < 4.78 is 2.32. The number of fused-ring (bicyclic) bond motifs is 1. The molecule has 3 fully saturated rings. The molecule has 0 radical (unpaired) electrons. The molecule has 2 amide bonds. The van der Waals surface area contributed by atoms with Crippen LogP contribution < -0.4 is 10.6 Å². The summed E-state index contributed by atoms with van der Waals surface area (Å²) in [5.74, 6) is -0.0229. The number of likely N-dealkylation sites (tertiary alicyclic amines) is 1. The third-order valence-electron chi connectivity index (χ3n) is 6.93. The number of anilines is 1. The molecule has 3 aromatic rings. The summed E-state index contributed by atoms with van der Waals surface area (Å²) in [6.07, 6.45) is 12.7. The van der Waals surface area contributed by atoms with E-state index in [1.165, 1.54) is 61.0 Å². The first kappa shape index (κ1) is 24.4. The smallest absolute Gasteiger partial charge is 0.264 e. The Morgan fingerprint density at radius 2 is 2.05 bits per heavy atom. The van der Waals surface area contributed by atoms with Crippen molar-refractivity contribution >= 4 is 67.9 Å². The molecule has 1 aliphatic carbocycles. The number of aromatic nitrogens is 2. The second-order valence-corrected chi connectivity index (χ2v) is 11.9. The van der Waals surface area contributed by atoms with Crippen LogP contribution in [0.5, 0.6) is 0 Å². The Morgan fingerprint density at radius 3 is 2.89 bits per heavy atom. The topological polar surface area (TPSA) is 91.6 Å². The number of amidine groups is 1. The first-order valence-corrected chi connectivity index (χ1v) is 14.6. The summed E-state index contributed by atoms with van der Waals surface area (Å²) in [6, 6.07) is 8.32. The molecule has 8 nitrogen and oxygen atoms in total. The van der Waals surface area contributed by atoms with Gasteiger partial charge in [-0.05, 0) is 93.8 Å². The summed E-state index contributed by atoms with van der Waals surface area (Å²) >= 11 is 2.67. The van der Waals surface area contributed by atoms with Crippen molar-refractivity contribution in [2.75, 3.05) is 25.0 Å². The van der Waals surface area contributed by atoms with Crippen LogP contribution in [0, 0.1) is 5.92 Å². The number of piperidine rings is 1.